The molecule has 1 fully saturated rings. The van der Waals surface area contributed by atoms with Crippen LogP contribution in [0.5, 0.6) is 0 Å². The number of hydrogen-bond acceptors (Lipinski definition) is 2. The van der Waals surface area contributed by atoms with Crippen molar-refractivity contribution >= 4 is 17.5 Å². The van der Waals surface area contributed by atoms with E-state index in [-0.39, 0.29) is 24.0 Å². The Hall–Kier alpha value is -1.06. The van der Waals surface area contributed by atoms with Crippen LogP contribution in [0.25, 0.3) is 0 Å². The minimum atomic E-state index is -0.176. The fourth-order valence-corrected chi connectivity index (χ4v) is 2.73. The van der Waals surface area contributed by atoms with E-state index in [0.717, 1.165) is 5.56 Å². The number of benzene rings is 1. The summed E-state index contributed by atoms with van der Waals surface area (Å²) in [6, 6.07) is 7.45. The van der Waals surface area contributed by atoms with Gasteiger partial charge in [-0.2, -0.15) is 0 Å². The largest absolute Gasteiger partial charge is 0.332 e. The molecule has 92 valence electrons. The van der Waals surface area contributed by atoms with Gasteiger partial charge in [-0.3, -0.25) is 4.79 Å². The highest BCUT2D eigenvalue weighted by molar-refractivity contribution is 6.31. The average Bonchev–Trinajstić information content (AvgIpc) is 2.54. The van der Waals surface area contributed by atoms with E-state index < -0.39 is 0 Å². The molecule has 0 aliphatic carbocycles. The number of hydrogen-bond donors (Lipinski definition) is 1. The number of carbonyl (C=O) groups excluding carboxylic acids is 1. The molecule has 1 saturated heterocycles. The van der Waals surface area contributed by atoms with Gasteiger partial charge in [0.15, 0.2) is 0 Å². The Kier molecular flexibility index (Phi) is 3.40. The highest BCUT2D eigenvalue weighted by Crippen LogP contribution is 2.36. The summed E-state index contributed by atoms with van der Waals surface area (Å²) in [5.41, 5.74) is 7.02. The fourth-order valence-electron chi connectivity index (χ4n) is 2.48. The molecule has 0 saturated carbocycles. The lowest BCUT2D eigenvalue weighted by Crippen LogP contribution is -2.37. The molecule has 1 aromatic carbocycles. The predicted molar refractivity (Wildman–Crippen MR) is 68.8 cm³/mol. The fraction of sp³-hybridized carbons (Fsp3) is 0.462. The molecule has 2 atom stereocenters. The van der Waals surface area contributed by atoms with E-state index in [4.69, 9.17) is 17.3 Å². The monoisotopic (exact) mass is 252 g/mol. The van der Waals surface area contributed by atoms with Crippen molar-refractivity contribution in [2.75, 3.05) is 0 Å². The third kappa shape index (κ3) is 2.17. The van der Waals surface area contributed by atoms with E-state index in [1.54, 1.807) is 0 Å². The van der Waals surface area contributed by atoms with Crippen LogP contribution in [0, 0.1) is 0 Å². The van der Waals surface area contributed by atoms with Gasteiger partial charge in [0, 0.05) is 23.5 Å². The topological polar surface area (TPSA) is 46.3 Å². The van der Waals surface area contributed by atoms with Crippen molar-refractivity contribution in [3.05, 3.63) is 34.9 Å². The van der Waals surface area contributed by atoms with Gasteiger partial charge >= 0.3 is 0 Å². The second kappa shape index (κ2) is 4.67. The number of carbonyl (C=O) groups is 1. The number of halogens is 1. The van der Waals surface area contributed by atoms with E-state index in [0.29, 0.717) is 11.4 Å². The Balaban J connectivity index is 2.42. The number of nitrogens with two attached hydrogens (primary N) is 1. The van der Waals surface area contributed by atoms with Crippen molar-refractivity contribution in [3.63, 3.8) is 0 Å². The van der Waals surface area contributed by atoms with Gasteiger partial charge in [0.2, 0.25) is 5.91 Å². The van der Waals surface area contributed by atoms with E-state index in [9.17, 15) is 4.79 Å². The molecular formula is C13H17ClN2O. The van der Waals surface area contributed by atoms with Crippen LogP contribution in [-0.4, -0.2) is 22.9 Å². The van der Waals surface area contributed by atoms with E-state index >= 15 is 0 Å². The third-order valence-electron chi connectivity index (χ3n) is 3.18. The van der Waals surface area contributed by atoms with Crippen LogP contribution >= 0.6 is 11.6 Å². The van der Waals surface area contributed by atoms with Crippen LogP contribution in [0.3, 0.4) is 0 Å². The van der Waals surface area contributed by atoms with E-state index in [1.165, 1.54) is 0 Å². The van der Waals surface area contributed by atoms with Crippen molar-refractivity contribution in [1.29, 1.82) is 0 Å². The Morgan fingerprint density at radius 3 is 2.65 bits per heavy atom. The first-order valence-corrected chi connectivity index (χ1v) is 6.21. The predicted octanol–water partition coefficient (Wildman–Crippen LogP) is 2.35. The summed E-state index contributed by atoms with van der Waals surface area (Å²) >= 11 is 6.19. The summed E-state index contributed by atoms with van der Waals surface area (Å²) in [6.45, 7) is 4.00. The maximum Gasteiger partial charge on any atom is 0.225 e. The zero-order valence-electron chi connectivity index (χ0n) is 10.1. The Morgan fingerprint density at radius 2 is 2.06 bits per heavy atom. The minimum absolute atomic E-state index is 0.101. The summed E-state index contributed by atoms with van der Waals surface area (Å²) in [5, 5.41) is 0.674. The van der Waals surface area contributed by atoms with Gasteiger partial charge in [-0.05, 0) is 25.5 Å². The van der Waals surface area contributed by atoms with Gasteiger partial charge in [-0.25, -0.2) is 0 Å². The summed E-state index contributed by atoms with van der Waals surface area (Å²) in [4.78, 5) is 13.8. The van der Waals surface area contributed by atoms with Gasteiger partial charge < -0.3 is 10.6 Å². The lowest BCUT2D eigenvalue weighted by atomic mass is 10.00. The first-order valence-electron chi connectivity index (χ1n) is 5.83. The van der Waals surface area contributed by atoms with Crippen LogP contribution < -0.4 is 5.73 Å². The molecule has 0 bridgehead atoms. The Bertz CT molecular complexity index is 433. The quantitative estimate of drug-likeness (QED) is 0.878. The molecule has 4 heteroatoms. The van der Waals surface area contributed by atoms with Gasteiger partial charge in [0.05, 0.1) is 6.04 Å². The van der Waals surface area contributed by atoms with Crippen molar-refractivity contribution in [2.45, 2.75) is 38.4 Å². The van der Waals surface area contributed by atoms with Crippen molar-refractivity contribution in [2.24, 2.45) is 5.73 Å². The molecule has 1 aromatic rings. The molecule has 3 nitrogen and oxygen atoms in total. The lowest BCUT2D eigenvalue weighted by molar-refractivity contribution is -0.130. The van der Waals surface area contributed by atoms with Crippen molar-refractivity contribution in [3.8, 4) is 0 Å². The van der Waals surface area contributed by atoms with Crippen molar-refractivity contribution < 1.29 is 4.79 Å². The number of nitrogens with zero attached hydrogens (tertiary/aromatic N) is 1. The second-order valence-corrected chi connectivity index (χ2v) is 5.14. The molecule has 2 rings (SSSR count). The molecule has 1 amide bonds. The normalized spacial score (nSPS) is 24.8. The van der Waals surface area contributed by atoms with Crippen LogP contribution in [0.4, 0.5) is 0 Å². The van der Waals surface area contributed by atoms with Crippen LogP contribution in [0.15, 0.2) is 24.3 Å². The van der Waals surface area contributed by atoms with Gasteiger partial charge in [0.25, 0.3) is 0 Å². The second-order valence-electron chi connectivity index (χ2n) is 4.73. The standard InChI is InChI=1S/C13H17ClN2O/c1-8(2)16-12(17)7-11(15)13(16)9-5-3-4-6-10(9)14/h3-6,8,11,13H,7,15H2,1-2H3. The molecule has 0 spiro atoms. The summed E-state index contributed by atoms with van der Waals surface area (Å²) < 4.78 is 0. The molecule has 17 heavy (non-hydrogen) atoms. The number of rotatable bonds is 2. The van der Waals surface area contributed by atoms with Crippen LogP contribution in [0.2, 0.25) is 5.02 Å². The van der Waals surface area contributed by atoms with Crippen molar-refractivity contribution in [1.82, 2.24) is 4.90 Å². The maximum absolute atomic E-state index is 11.9. The molecule has 1 aliphatic heterocycles. The lowest BCUT2D eigenvalue weighted by Gasteiger charge is -2.31. The molecule has 2 unspecified atom stereocenters. The molecule has 0 aromatic heterocycles. The smallest absolute Gasteiger partial charge is 0.225 e. The van der Waals surface area contributed by atoms with Crippen LogP contribution in [0.1, 0.15) is 31.9 Å². The SMILES string of the molecule is CC(C)N1C(=O)CC(N)C1c1ccccc1Cl. The third-order valence-corrected chi connectivity index (χ3v) is 3.53. The minimum Gasteiger partial charge on any atom is -0.332 e. The molecule has 0 radical (unpaired) electrons. The first kappa shape index (κ1) is 12.4. The number of likely N-dealkylation sites (tertiary alicyclic amines) is 1. The molecular weight excluding hydrogens is 236 g/mol. The van der Waals surface area contributed by atoms with E-state index in [2.05, 4.69) is 0 Å². The number of amides is 1. The summed E-state index contributed by atoms with van der Waals surface area (Å²) in [7, 11) is 0. The van der Waals surface area contributed by atoms with E-state index in [1.807, 2.05) is 43.0 Å². The van der Waals surface area contributed by atoms with Gasteiger partial charge in [0.1, 0.15) is 0 Å². The Morgan fingerprint density at radius 1 is 1.41 bits per heavy atom. The highest BCUT2D eigenvalue weighted by atomic mass is 35.5. The molecule has 1 heterocycles. The highest BCUT2D eigenvalue weighted by Gasteiger charge is 2.40. The summed E-state index contributed by atoms with van der Waals surface area (Å²) in [6.07, 6.45) is 0.397. The summed E-state index contributed by atoms with van der Waals surface area (Å²) in [5.74, 6) is 0.109. The molecule has 2 N–H and O–H groups in total. The first-order chi connectivity index (χ1) is 8.02. The Labute approximate surface area is 107 Å². The average molecular weight is 253 g/mol. The maximum atomic E-state index is 11.9. The van der Waals surface area contributed by atoms with Gasteiger partial charge in [-0.1, -0.05) is 29.8 Å². The van der Waals surface area contributed by atoms with Gasteiger partial charge in [-0.15, -0.1) is 0 Å². The zero-order chi connectivity index (χ0) is 12.6. The van der Waals surface area contributed by atoms with Crippen LogP contribution in [-0.2, 0) is 4.79 Å². The molecule has 1 aliphatic rings. The zero-order valence-corrected chi connectivity index (χ0v) is 10.8.